The van der Waals surface area contributed by atoms with E-state index in [-0.39, 0.29) is 0 Å². The third kappa shape index (κ3) is 4.39. The van der Waals surface area contributed by atoms with Crippen LogP contribution in [-0.2, 0) is 4.79 Å². The highest BCUT2D eigenvalue weighted by molar-refractivity contribution is 5.71. The standard InChI is InChI=1S/C8H16O8/c9-2-5(12)7(14)6(13)3(10)1-4(11)8(15)16/h3-7,9-14H,1-2H2,(H,15,16). The molecular formula is C8H16O8. The quantitative estimate of drug-likeness (QED) is 0.239. The number of hydrogen-bond donors (Lipinski definition) is 7. The van der Waals surface area contributed by atoms with E-state index in [0.29, 0.717) is 0 Å². The molecule has 0 radical (unpaired) electrons. The van der Waals surface area contributed by atoms with Gasteiger partial charge in [0.25, 0.3) is 0 Å². The molecule has 0 rings (SSSR count). The van der Waals surface area contributed by atoms with E-state index < -0.39 is 49.5 Å². The van der Waals surface area contributed by atoms with Gasteiger partial charge in [-0.1, -0.05) is 0 Å². The van der Waals surface area contributed by atoms with Gasteiger partial charge in [-0.3, -0.25) is 0 Å². The average molecular weight is 240 g/mol. The van der Waals surface area contributed by atoms with Gasteiger partial charge in [0, 0.05) is 6.42 Å². The van der Waals surface area contributed by atoms with Crippen molar-refractivity contribution in [3.05, 3.63) is 0 Å². The number of rotatable bonds is 7. The smallest absolute Gasteiger partial charge is 0.332 e. The Morgan fingerprint density at radius 3 is 1.75 bits per heavy atom. The fraction of sp³-hybridized carbons (Fsp3) is 0.875. The molecule has 0 saturated heterocycles. The molecule has 0 spiro atoms. The first-order valence-corrected chi connectivity index (χ1v) is 4.55. The first-order valence-electron chi connectivity index (χ1n) is 4.55. The number of hydrogen-bond acceptors (Lipinski definition) is 7. The van der Waals surface area contributed by atoms with Gasteiger partial charge in [0.05, 0.1) is 12.7 Å². The number of carboxylic acids is 1. The summed E-state index contributed by atoms with van der Waals surface area (Å²) in [4.78, 5) is 10.2. The second-order valence-electron chi connectivity index (χ2n) is 3.39. The molecule has 5 unspecified atom stereocenters. The molecule has 0 fully saturated rings. The molecule has 0 aliphatic carbocycles. The van der Waals surface area contributed by atoms with E-state index in [4.69, 9.17) is 25.5 Å². The number of aliphatic hydroxyl groups excluding tert-OH is 6. The molecule has 7 N–H and O–H groups in total. The maximum absolute atomic E-state index is 10.2. The molecule has 8 nitrogen and oxygen atoms in total. The number of carbonyl (C=O) groups is 1. The summed E-state index contributed by atoms with van der Waals surface area (Å²) in [6.07, 6.45) is -9.68. The summed E-state index contributed by atoms with van der Waals surface area (Å²) in [6, 6.07) is 0. The Morgan fingerprint density at radius 2 is 1.38 bits per heavy atom. The summed E-state index contributed by atoms with van der Waals surface area (Å²) in [5.74, 6) is -1.58. The molecule has 8 heteroatoms. The first-order chi connectivity index (χ1) is 7.31. The van der Waals surface area contributed by atoms with Crippen molar-refractivity contribution >= 4 is 5.97 Å². The van der Waals surface area contributed by atoms with Crippen LogP contribution in [0.15, 0.2) is 0 Å². The summed E-state index contributed by atoms with van der Waals surface area (Å²) in [5, 5.41) is 62.2. The number of carboxylic acid groups (broad SMARTS) is 1. The molecule has 96 valence electrons. The Hall–Kier alpha value is -0.770. The van der Waals surface area contributed by atoms with Gasteiger partial charge in [-0.05, 0) is 0 Å². The van der Waals surface area contributed by atoms with Gasteiger partial charge >= 0.3 is 5.97 Å². The van der Waals surface area contributed by atoms with Gasteiger partial charge in [0.15, 0.2) is 6.10 Å². The van der Waals surface area contributed by atoms with Gasteiger partial charge < -0.3 is 35.7 Å². The van der Waals surface area contributed by atoms with E-state index >= 15 is 0 Å². The number of aliphatic hydroxyl groups is 6. The fourth-order valence-corrected chi connectivity index (χ4v) is 1.03. The third-order valence-corrected chi connectivity index (χ3v) is 2.08. The van der Waals surface area contributed by atoms with Crippen molar-refractivity contribution in [2.24, 2.45) is 0 Å². The zero-order valence-electron chi connectivity index (χ0n) is 8.34. The van der Waals surface area contributed by atoms with Crippen molar-refractivity contribution in [1.82, 2.24) is 0 Å². The molecule has 0 aromatic rings. The normalized spacial score (nSPS) is 20.9. The molecule has 16 heavy (non-hydrogen) atoms. The van der Waals surface area contributed by atoms with Gasteiger partial charge in [0.2, 0.25) is 0 Å². The van der Waals surface area contributed by atoms with Crippen molar-refractivity contribution < 1.29 is 40.5 Å². The topological polar surface area (TPSA) is 159 Å². The van der Waals surface area contributed by atoms with Crippen LogP contribution in [0, 0.1) is 0 Å². The summed E-state index contributed by atoms with van der Waals surface area (Å²) >= 11 is 0. The van der Waals surface area contributed by atoms with E-state index in [1.165, 1.54) is 0 Å². The van der Waals surface area contributed by atoms with E-state index in [0.717, 1.165) is 0 Å². The van der Waals surface area contributed by atoms with Gasteiger partial charge in [-0.25, -0.2) is 4.79 Å². The Bertz CT molecular complexity index is 220. The molecule has 0 aromatic heterocycles. The van der Waals surface area contributed by atoms with Crippen molar-refractivity contribution in [2.75, 3.05) is 6.61 Å². The van der Waals surface area contributed by atoms with Crippen LogP contribution in [0.4, 0.5) is 0 Å². The molecule has 0 aliphatic rings. The fourth-order valence-electron chi connectivity index (χ4n) is 1.03. The Morgan fingerprint density at radius 1 is 0.938 bits per heavy atom. The average Bonchev–Trinajstić information content (AvgIpc) is 2.25. The molecule has 0 bridgehead atoms. The predicted octanol–water partition coefficient (Wildman–Crippen LogP) is -3.74. The zero-order chi connectivity index (χ0) is 12.9. The number of aliphatic carboxylic acids is 1. The van der Waals surface area contributed by atoms with Crippen LogP contribution in [-0.4, -0.2) is 78.8 Å². The Kier molecular flexibility index (Phi) is 6.41. The lowest BCUT2D eigenvalue weighted by molar-refractivity contribution is -0.152. The minimum atomic E-state index is -1.89. The minimum Gasteiger partial charge on any atom is -0.479 e. The van der Waals surface area contributed by atoms with Crippen molar-refractivity contribution in [1.29, 1.82) is 0 Å². The van der Waals surface area contributed by atoms with Crippen molar-refractivity contribution in [3.8, 4) is 0 Å². The largest absolute Gasteiger partial charge is 0.479 e. The molecule has 5 atom stereocenters. The van der Waals surface area contributed by atoms with Crippen molar-refractivity contribution in [2.45, 2.75) is 36.9 Å². The summed E-state index contributed by atoms with van der Waals surface area (Å²) in [5.41, 5.74) is 0. The van der Waals surface area contributed by atoms with Crippen LogP contribution in [0.25, 0.3) is 0 Å². The summed E-state index contributed by atoms with van der Waals surface area (Å²) in [7, 11) is 0. The second-order valence-corrected chi connectivity index (χ2v) is 3.39. The molecule has 0 aromatic carbocycles. The zero-order valence-corrected chi connectivity index (χ0v) is 8.34. The Labute approximate surface area is 91.0 Å². The molecule has 0 saturated carbocycles. The van der Waals surface area contributed by atoms with E-state index in [1.54, 1.807) is 0 Å². The van der Waals surface area contributed by atoms with Crippen LogP contribution >= 0.6 is 0 Å². The van der Waals surface area contributed by atoms with Crippen LogP contribution < -0.4 is 0 Å². The first kappa shape index (κ1) is 15.2. The van der Waals surface area contributed by atoms with E-state index in [1.807, 2.05) is 0 Å². The minimum absolute atomic E-state index is 0.703. The summed E-state index contributed by atoms with van der Waals surface area (Å²) in [6.45, 7) is -0.827. The van der Waals surface area contributed by atoms with Crippen LogP contribution in [0.1, 0.15) is 6.42 Å². The molecular weight excluding hydrogens is 224 g/mol. The highest BCUT2D eigenvalue weighted by Crippen LogP contribution is 2.10. The third-order valence-electron chi connectivity index (χ3n) is 2.08. The highest BCUT2D eigenvalue weighted by atomic mass is 16.4. The van der Waals surface area contributed by atoms with Gasteiger partial charge in [-0.15, -0.1) is 0 Å². The lowest BCUT2D eigenvalue weighted by Crippen LogP contribution is -2.47. The van der Waals surface area contributed by atoms with Crippen molar-refractivity contribution in [3.63, 3.8) is 0 Å². The van der Waals surface area contributed by atoms with Crippen LogP contribution in [0.5, 0.6) is 0 Å². The highest BCUT2D eigenvalue weighted by Gasteiger charge is 2.32. The molecule has 0 heterocycles. The van der Waals surface area contributed by atoms with Gasteiger partial charge in [0.1, 0.15) is 18.3 Å². The van der Waals surface area contributed by atoms with Gasteiger partial charge in [-0.2, -0.15) is 0 Å². The molecule has 0 amide bonds. The predicted molar refractivity (Wildman–Crippen MR) is 49.4 cm³/mol. The second kappa shape index (κ2) is 6.74. The lowest BCUT2D eigenvalue weighted by Gasteiger charge is -2.26. The van der Waals surface area contributed by atoms with E-state index in [9.17, 15) is 15.0 Å². The lowest BCUT2D eigenvalue weighted by atomic mass is 9.99. The maximum Gasteiger partial charge on any atom is 0.332 e. The SMILES string of the molecule is O=C(O)C(O)CC(O)C(O)C(O)C(O)CO. The Balaban J connectivity index is 4.27. The maximum atomic E-state index is 10.2. The molecule has 0 aliphatic heterocycles. The monoisotopic (exact) mass is 240 g/mol. The summed E-state index contributed by atoms with van der Waals surface area (Å²) < 4.78 is 0. The van der Waals surface area contributed by atoms with Crippen LogP contribution in [0.2, 0.25) is 0 Å². The van der Waals surface area contributed by atoms with E-state index in [2.05, 4.69) is 0 Å². The van der Waals surface area contributed by atoms with Crippen LogP contribution in [0.3, 0.4) is 0 Å².